The molecule has 19 heavy (non-hydrogen) atoms. The molecule has 0 atom stereocenters. The van der Waals surface area contributed by atoms with Crippen LogP contribution in [0.25, 0.3) is 11.5 Å². The molecule has 0 saturated heterocycles. The van der Waals surface area contributed by atoms with Gasteiger partial charge in [0.1, 0.15) is 23.5 Å². The van der Waals surface area contributed by atoms with E-state index in [0.29, 0.717) is 17.8 Å². The van der Waals surface area contributed by atoms with E-state index < -0.39 is 11.6 Å². The third-order valence-corrected chi connectivity index (χ3v) is 2.78. The molecule has 102 valence electrons. The zero-order chi connectivity index (χ0) is 13.8. The summed E-state index contributed by atoms with van der Waals surface area (Å²) in [6.07, 6.45) is 2.42. The Balaban J connectivity index is 2.25. The predicted molar refractivity (Wildman–Crippen MR) is 68.6 cm³/mol. The molecule has 0 aliphatic heterocycles. The first-order valence-electron chi connectivity index (χ1n) is 6.23. The highest BCUT2D eigenvalue weighted by Crippen LogP contribution is 2.27. The van der Waals surface area contributed by atoms with Crippen molar-refractivity contribution in [3.8, 4) is 11.5 Å². The summed E-state index contributed by atoms with van der Waals surface area (Å²) in [7, 11) is 0. The average Bonchev–Trinajstić information content (AvgIpc) is 2.83. The van der Waals surface area contributed by atoms with Gasteiger partial charge in [-0.1, -0.05) is 13.0 Å². The molecule has 1 aromatic heterocycles. The van der Waals surface area contributed by atoms with Crippen molar-refractivity contribution in [3.05, 3.63) is 41.3 Å². The lowest BCUT2D eigenvalue weighted by atomic mass is 10.1. The maximum absolute atomic E-state index is 13.9. The summed E-state index contributed by atoms with van der Waals surface area (Å²) >= 11 is 0. The van der Waals surface area contributed by atoms with E-state index in [2.05, 4.69) is 17.2 Å². The highest BCUT2D eigenvalue weighted by atomic mass is 19.1. The smallest absolute Gasteiger partial charge is 0.232 e. The van der Waals surface area contributed by atoms with E-state index in [0.717, 1.165) is 13.0 Å². The number of benzene rings is 1. The summed E-state index contributed by atoms with van der Waals surface area (Å²) in [5.74, 6) is -1.32. The minimum Gasteiger partial charge on any atom is -0.444 e. The van der Waals surface area contributed by atoms with Crippen molar-refractivity contribution in [2.75, 3.05) is 6.54 Å². The van der Waals surface area contributed by atoms with Crippen LogP contribution in [-0.4, -0.2) is 11.5 Å². The summed E-state index contributed by atoms with van der Waals surface area (Å²) in [6.45, 7) is 5.01. The van der Waals surface area contributed by atoms with E-state index in [9.17, 15) is 8.78 Å². The van der Waals surface area contributed by atoms with Crippen molar-refractivity contribution >= 4 is 0 Å². The average molecular weight is 266 g/mol. The van der Waals surface area contributed by atoms with E-state index in [1.54, 1.807) is 6.92 Å². The topological polar surface area (TPSA) is 38.1 Å². The molecule has 0 spiro atoms. The van der Waals surface area contributed by atoms with Crippen molar-refractivity contribution < 1.29 is 13.2 Å². The van der Waals surface area contributed by atoms with Gasteiger partial charge in [0.2, 0.25) is 5.89 Å². The first-order valence-corrected chi connectivity index (χ1v) is 6.23. The van der Waals surface area contributed by atoms with E-state index in [4.69, 9.17) is 4.42 Å². The van der Waals surface area contributed by atoms with Crippen LogP contribution in [0.3, 0.4) is 0 Å². The fraction of sp³-hybridized carbons (Fsp3) is 0.357. The Labute approximate surface area is 110 Å². The minimum atomic E-state index is -0.669. The predicted octanol–water partition coefficient (Wildman–Crippen LogP) is 3.43. The highest BCUT2D eigenvalue weighted by Gasteiger charge is 2.18. The van der Waals surface area contributed by atoms with Crippen molar-refractivity contribution in [3.63, 3.8) is 0 Å². The second-order valence-electron chi connectivity index (χ2n) is 4.37. The summed E-state index contributed by atoms with van der Waals surface area (Å²) in [5, 5.41) is 3.15. The Bertz CT molecular complexity index is 567. The molecule has 5 heteroatoms. The molecule has 2 rings (SSSR count). The molecule has 3 nitrogen and oxygen atoms in total. The first-order chi connectivity index (χ1) is 9.13. The van der Waals surface area contributed by atoms with E-state index in [1.807, 2.05) is 0 Å². The summed E-state index contributed by atoms with van der Waals surface area (Å²) in [6, 6.07) is 2.60. The Morgan fingerprint density at radius 3 is 2.84 bits per heavy atom. The number of halogens is 2. The highest BCUT2D eigenvalue weighted by molar-refractivity contribution is 5.56. The summed E-state index contributed by atoms with van der Waals surface area (Å²) in [4.78, 5) is 4.11. The van der Waals surface area contributed by atoms with Gasteiger partial charge >= 0.3 is 0 Å². The minimum absolute atomic E-state index is 0.0213. The second-order valence-corrected chi connectivity index (χ2v) is 4.37. The van der Waals surface area contributed by atoms with E-state index >= 15 is 0 Å². The standard InChI is InChI=1S/C14H16F2N2O/c1-3-6-17-7-10-8-19-14(18-10)12-11(15)5-4-9(2)13(12)16/h4-5,8,17H,3,6-7H2,1-2H3. The van der Waals surface area contributed by atoms with Gasteiger partial charge in [-0.2, -0.15) is 0 Å². The first kappa shape index (κ1) is 13.7. The van der Waals surface area contributed by atoms with Gasteiger partial charge < -0.3 is 9.73 Å². The Hall–Kier alpha value is -1.75. The molecule has 1 heterocycles. The fourth-order valence-electron chi connectivity index (χ4n) is 1.75. The number of aryl methyl sites for hydroxylation is 1. The molecule has 0 bridgehead atoms. The monoisotopic (exact) mass is 266 g/mol. The molecule has 0 unspecified atom stereocenters. The third kappa shape index (κ3) is 2.98. The fourth-order valence-corrected chi connectivity index (χ4v) is 1.75. The number of hydrogen-bond acceptors (Lipinski definition) is 3. The molecule has 2 aromatic rings. The molecule has 0 aliphatic carbocycles. The quantitative estimate of drug-likeness (QED) is 0.842. The second kappa shape index (κ2) is 5.93. The molecule has 0 fully saturated rings. The summed E-state index contributed by atoms with van der Waals surface area (Å²) < 4.78 is 32.8. The van der Waals surface area contributed by atoms with Gasteiger partial charge in [0.05, 0.1) is 5.69 Å². The van der Waals surface area contributed by atoms with Crippen LogP contribution in [0.2, 0.25) is 0 Å². The van der Waals surface area contributed by atoms with Gasteiger partial charge in [-0.05, 0) is 31.5 Å². The van der Waals surface area contributed by atoms with Crippen LogP contribution in [0.1, 0.15) is 24.6 Å². The lowest BCUT2D eigenvalue weighted by molar-refractivity contribution is 0.538. The molecular formula is C14H16F2N2O. The number of oxazole rings is 1. The van der Waals surface area contributed by atoms with Crippen LogP contribution in [-0.2, 0) is 6.54 Å². The van der Waals surface area contributed by atoms with Crippen molar-refractivity contribution in [1.82, 2.24) is 10.3 Å². The maximum Gasteiger partial charge on any atom is 0.232 e. The Kier molecular flexibility index (Phi) is 4.27. The van der Waals surface area contributed by atoms with Gasteiger partial charge in [-0.15, -0.1) is 0 Å². The van der Waals surface area contributed by atoms with E-state index in [1.165, 1.54) is 18.4 Å². The molecule has 0 radical (unpaired) electrons. The SMILES string of the molecule is CCCNCc1coc(-c2c(F)ccc(C)c2F)n1. The van der Waals surface area contributed by atoms with Gasteiger partial charge in [-0.3, -0.25) is 0 Å². The van der Waals surface area contributed by atoms with Crippen LogP contribution in [0, 0.1) is 18.6 Å². The molecule has 0 saturated carbocycles. The normalized spacial score (nSPS) is 10.9. The molecule has 1 N–H and O–H groups in total. The lowest BCUT2D eigenvalue weighted by Crippen LogP contribution is -2.13. The van der Waals surface area contributed by atoms with Gasteiger partial charge in [-0.25, -0.2) is 13.8 Å². The molecule has 0 amide bonds. The van der Waals surface area contributed by atoms with Gasteiger partial charge in [0.15, 0.2) is 0 Å². The van der Waals surface area contributed by atoms with Gasteiger partial charge in [0.25, 0.3) is 0 Å². The molecule has 0 aliphatic rings. The maximum atomic E-state index is 13.9. The Morgan fingerprint density at radius 2 is 2.11 bits per heavy atom. The third-order valence-electron chi connectivity index (χ3n) is 2.78. The van der Waals surface area contributed by atoms with Crippen molar-refractivity contribution in [2.24, 2.45) is 0 Å². The number of aromatic nitrogens is 1. The van der Waals surface area contributed by atoms with Crippen LogP contribution >= 0.6 is 0 Å². The van der Waals surface area contributed by atoms with Crippen LogP contribution < -0.4 is 5.32 Å². The van der Waals surface area contributed by atoms with Crippen LogP contribution in [0.5, 0.6) is 0 Å². The van der Waals surface area contributed by atoms with E-state index in [-0.39, 0.29) is 11.5 Å². The number of hydrogen-bond donors (Lipinski definition) is 1. The number of nitrogens with zero attached hydrogens (tertiary/aromatic N) is 1. The zero-order valence-electron chi connectivity index (χ0n) is 11.0. The number of rotatable bonds is 5. The van der Waals surface area contributed by atoms with Crippen molar-refractivity contribution in [2.45, 2.75) is 26.8 Å². The van der Waals surface area contributed by atoms with Gasteiger partial charge in [0, 0.05) is 6.54 Å². The van der Waals surface area contributed by atoms with Crippen molar-refractivity contribution in [1.29, 1.82) is 0 Å². The Morgan fingerprint density at radius 1 is 1.32 bits per heavy atom. The van der Waals surface area contributed by atoms with Crippen LogP contribution in [0.15, 0.2) is 22.8 Å². The number of nitrogens with one attached hydrogen (secondary N) is 1. The lowest BCUT2D eigenvalue weighted by Gasteiger charge is -2.03. The summed E-state index contributed by atoms with van der Waals surface area (Å²) in [5.41, 5.74) is 0.783. The molecule has 1 aromatic carbocycles. The molecular weight excluding hydrogens is 250 g/mol. The zero-order valence-corrected chi connectivity index (χ0v) is 11.0. The largest absolute Gasteiger partial charge is 0.444 e. The van der Waals surface area contributed by atoms with Crippen LogP contribution in [0.4, 0.5) is 8.78 Å².